The molecule has 0 radical (unpaired) electrons. The number of unbranched alkanes of at least 4 members (excludes halogenated alkanes) is 2. The highest BCUT2D eigenvalue weighted by molar-refractivity contribution is 7.98. The van der Waals surface area contributed by atoms with Crippen molar-refractivity contribution in [2.75, 3.05) is 13.2 Å². The number of rotatable bonds is 11. The van der Waals surface area contributed by atoms with Gasteiger partial charge in [-0.3, -0.25) is 24.3 Å². The fourth-order valence-electron chi connectivity index (χ4n) is 4.19. The number of aromatic nitrogens is 2. The van der Waals surface area contributed by atoms with Crippen LogP contribution in [0.4, 0.5) is 5.69 Å². The quantitative estimate of drug-likeness (QED) is 0.131. The molecule has 3 aromatic rings. The molecule has 0 bridgehead atoms. The van der Waals surface area contributed by atoms with Crippen molar-refractivity contribution in [3.05, 3.63) is 74.1 Å². The van der Waals surface area contributed by atoms with Gasteiger partial charge in [0, 0.05) is 43.1 Å². The third-order valence-electron chi connectivity index (χ3n) is 6.17. The van der Waals surface area contributed by atoms with Crippen molar-refractivity contribution in [3.63, 3.8) is 0 Å². The number of nitro groups is 1. The van der Waals surface area contributed by atoms with Crippen LogP contribution in [0.3, 0.4) is 0 Å². The fraction of sp³-hybridized carbons (Fsp3) is 0.423. The van der Waals surface area contributed by atoms with Crippen molar-refractivity contribution in [2.45, 2.75) is 62.6 Å². The second-order valence-corrected chi connectivity index (χ2v) is 9.79. The lowest BCUT2D eigenvalue weighted by molar-refractivity contribution is -0.384. The van der Waals surface area contributed by atoms with Crippen LogP contribution in [0.25, 0.3) is 10.9 Å². The molecule has 0 saturated carbocycles. The zero-order valence-corrected chi connectivity index (χ0v) is 21.1. The van der Waals surface area contributed by atoms with Crippen LogP contribution in [0, 0.1) is 10.1 Å². The van der Waals surface area contributed by atoms with E-state index in [4.69, 9.17) is 9.72 Å². The van der Waals surface area contributed by atoms with Gasteiger partial charge in [-0.15, -0.1) is 0 Å². The number of carbonyl (C=O) groups is 1. The molecule has 0 aliphatic carbocycles. The minimum atomic E-state index is -0.422. The average Bonchev–Trinajstić information content (AvgIpc) is 3.41. The highest BCUT2D eigenvalue weighted by atomic mass is 32.2. The Morgan fingerprint density at radius 3 is 2.89 bits per heavy atom. The number of amides is 1. The van der Waals surface area contributed by atoms with Gasteiger partial charge < -0.3 is 10.1 Å². The van der Waals surface area contributed by atoms with Crippen LogP contribution in [0.15, 0.2) is 52.4 Å². The molecule has 1 aliphatic rings. The smallest absolute Gasteiger partial charge is 0.269 e. The molecule has 2 heterocycles. The molecule has 1 saturated heterocycles. The Hall–Kier alpha value is -3.24. The molecule has 1 fully saturated rings. The molecule has 10 heteroatoms. The van der Waals surface area contributed by atoms with E-state index in [1.165, 1.54) is 23.9 Å². The first-order valence-electron chi connectivity index (χ1n) is 12.3. The van der Waals surface area contributed by atoms with Gasteiger partial charge in [-0.2, -0.15) is 0 Å². The number of hydrogen-bond donors (Lipinski definition) is 1. The van der Waals surface area contributed by atoms with E-state index in [9.17, 15) is 19.7 Å². The number of hydrogen-bond acceptors (Lipinski definition) is 7. The third-order valence-corrected chi connectivity index (χ3v) is 7.22. The number of nitrogens with one attached hydrogen (secondary N) is 1. The Morgan fingerprint density at radius 1 is 1.28 bits per heavy atom. The zero-order valence-electron chi connectivity index (χ0n) is 20.3. The summed E-state index contributed by atoms with van der Waals surface area (Å²) in [6, 6.07) is 11.4. The first-order chi connectivity index (χ1) is 17.5. The molecule has 36 heavy (non-hydrogen) atoms. The highest BCUT2D eigenvalue weighted by Crippen LogP contribution is 2.25. The standard InChI is InChI=1S/C26H30N4O5S/c1-2-3-4-12-29-25(32)22-11-10-19(24(31)27-16-21-9-6-13-35-21)15-23(22)28-26(29)36-17-18-7-5-8-20(14-18)30(33)34/h5,7-8,10-11,14-15,21H,2-4,6,9,12-13,16-17H2,1H3,(H,27,31). The predicted octanol–water partition coefficient (Wildman–Crippen LogP) is 4.70. The molecule has 1 amide bonds. The number of non-ortho nitro benzene ring substituents is 1. The summed E-state index contributed by atoms with van der Waals surface area (Å²) in [5.41, 5.74) is 1.54. The molecule has 1 atom stereocenters. The van der Waals surface area contributed by atoms with Gasteiger partial charge in [-0.25, -0.2) is 4.98 Å². The first kappa shape index (κ1) is 25.8. The summed E-state index contributed by atoms with van der Waals surface area (Å²) in [6.07, 6.45) is 4.83. The van der Waals surface area contributed by atoms with E-state index in [2.05, 4.69) is 12.2 Å². The largest absolute Gasteiger partial charge is 0.376 e. The van der Waals surface area contributed by atoms with Crippen molar-refractivity contribution in [2.24, 2.45) is 0 Å². The predicted molar refractivity (Wildman–Crippen MR) is 139 cm³/mol. The number of carbonyl (C=O) groups excluding carboxylic acids is 1. The van der Waals surface area contributed by atoms with Crippen molar-refractivity contribution in [1.29, 1.82) is 0 Å². The maximum Gasteiger partial charge on any atom is 0.269 e. The molecule has 4 rings (SSSR count). The van der Waals surface area contributed by atoms with E-state index in [1.807, 2.05) is 6.07 Å². The van der Waals surface area contributed by atoms with Gasteiger partial charge in [-0.05, 0) is 43.0 Å². The third kappa shape index (κ3) is 6.30. The Balaban J connectivity index is 1.60. The minimum Gasteiger partial charge on any atom is -0.376 e. The van der Waals surface area contributed by atoms with Gasteiger partial charge in [0.15, 0.2) is 5.16 Å². The summed E-state index contributed by atoms with van der Waals surface area (Å²) in [6.45, 7) is 3.82. The maximum atomic E-state index is 13.4. The Kier molecular flexibility index (Phi) is 8.71. The lowest BCUT2D eigenvalue weighted by atomic mass is 10.1. The van der Waals surface area contributed by atoms with Crippen LogP contribution in [0.2, 0.25) is 0 Å². The Bertz CT molecular complexity index is 1300. The van der Waals surface area contributed by atoms with Crippen LogP contribution < -0.4 is 10.9 Å². The van der Waals surface area contributed by atoms with Crippen molar-refractivity contribution in [1.82, 2.24) is 14.9 Å². The average molecular weight is 511 g/mol. The van der Waals surface area contributed by atoms with E-state index < -0.39 is 4.92 Å². The van der Waals surface area contributed by atoms with Crippen molar-refractivity contribution in [3.8, 4) is 0 Å². The van der Waals surface area contributed by atoms with Crippen molar-refractivity contribution < 1.29 is 14.5 Å². The first-order valence-corrected chi connectivity index (χ1v) is 13.3. The summed E-state index contributed by atoms with van der Waals surface area (Å²) in [7, 11) is 0. The molecule has 1 unspecified atom stereocenters. The lowest BCUT2D eigenvalue weighted by Crippen LogP contribution is -2.31. The Morgan fingerprint density at radius 2 is 2.14 bits per heavy atom. The van der Waals surface area contributed by atoms with Gasteiger partial charge in [0.05, 0.1) is 21.9 Å². The van der Waals surface area contributed by atoms with Crippen LogP contribution in [-0.4, -0.2) is 39.6 Å². The normalized spacial score (nSPS) is 15.3. The van der Waals surface area contributed by atoms with E-state index in [1.54, 1.807) is 28.8 Å². The molecule has 190 valence electrons. The molecule has 1 N–H and O–H groups in total. The van der Waals surface area contributed by atoms with Crippen LogP contribution in [-0.2, 0) is 17.0 Å². The summed E-state index contributed by atoms with van der Waals surface area (Å²) >= 11 is 1.36. The zero-order chi connectivity index (χ0) is 25.5. The number of thioether (sulfide) groups is 1. The van der Waals surface area contributed by atoms with Gasteiger partial charge in [0.1, 0.15) is 0 Å². The molecular formula is C26H30N4O5S. The van der Waals surface area contributed by atoms with Crippen molar-refractivity contribution >= 4 is 34.3 Å². The van der Waals surface area contributed by atoms with E-state index in [0.717, 1.165) is 44.3 Å². The molecule has 1 aromatic heterocycles. The second-order valence-electron chi connectivity index (χ2n) is 8.85. The van der Waals surface area contributed by atoms with E-state index in [-0.39, 0.29) is 23.3 Å². The fourth-order valence-corrected chi connectivity index (χ4v) is 5.16. The number of ether oxygens (including phenoxy) is 1. The summed E-state index contributed by atoms with van der Waals surface area (Å²) in [5.74, 6) is 0.196. The van der Waals surface area contributed by atoms with Gasteiger partial charge >= 0.3 is 0 Å². The monoisotopic (exact) mass is 510 g/mol. The number of nitro benzene ring substituents is 1. The topological polar surface area (TPSA) is 116 Å². The van der Waals surface area contributed by atoms with Crippen LogP contribution >= 0.6 is 11.8 Å². The second kappa shape index (κ2) is 12.1. The van der Waals surface area contributed by atoms with E-state index in [0.29, 0.717) is 40.5 Å². The summed E-state index contributed by atoms with van der Waals surface area (Å²) < 4.78 is 7.24. The number of nitrogens with zero attached hydrogens (tertiary/aromatic N) is 3. The molecule has 9 nitrogen and oxygen atoms in total. The van der Waals surface area contributed by atoms with Gasteiger partial charge in [0.25, 0.3) is 17.2 Å². The Labute approximate surface area is 213 Å². The maximum absolute atomic E-state index is 13.4. The minimum absolute atomic E-state index is 0.0264. The summed E-state index contributed by atoms with van der Waals surface area (Å²) in [4.78, 5) is 41.6. The number of benzene rings is 2. The van der Waals surface area contributed by atoms with Crippen LogP contribution in [0.1, 0.15) is 54.9 Å². The van der Waals surface area contributed by atoms with Gasteiger partial charge in [0.2, 0.25) is 0 Å². The van der Waals surface area contributed by atoms with Gasteiger partial charge in [-0.1, -0.05) is 43.7 Å². The molecular weight excluding hydrogens is 480 g/mol. The molecule has 0 spiro atoms. The number of fused-ring (bicyclic) bond motifs is 1. The summed E-state index contributed by atoms with van der Waals surface area (Å²) in [5, 5.41) is 15.0. The van der Waals surface area contributed by atoms with E-state index >= 15 is 0 Å². The SMILES string of the molecule is CCCCCn1c(SCc2cccc([N+](=O)[O-])c2)nc2cc(C(=O)NCC3CCCO3)ccc2c1=O. The highest BCUT2D eigenvalue weighted by Gasteiger charge is 2.18. The lowest BCUT2D eigenvalue weighted by Gasteiger charge is -2.14. The molecule has 2 aromatic carbocycles. The molecule has 1 aliphatic heterocycles. The van der Waals surface area contributed by atoms with Crippen LogP contribution in [0.5, 0.6) is 0 Å².